The second-order valence-corrected chi connectivity index (χ2v) is 11.3. The summed E-state index contributed by atoms with van der Waals surface area (Å²) in [6.45, 7) is 6.67. The third kappa shape index (κ3) is 3.37. The Morgan fingerprint density at radius 1 is 1.11 bits per heavy atom. The fraction of sp³-hybridized carbons (Fsp3) is 0.760. The zero-order valence-corrected chi connectivity index (χ0v) is 20.7. The van der Waals surface area contributed by atoms with E-state index < -0.39 is 84.0 Å². The van der Waals surface area contributed by atoms with Crippen molar-refractivity contribution >= 4 is 5.97 Å². The zero-order chi connectivity index (χ0) is 26.3. The van der Waals surface area contributed by atoms with Gasteiger partial charge in [0.15, 0.2) is 6.29 Å². The third-order valence-corrected chi connectivity index (χ3v) is 8.85. The van der Waals surface area contributed by atoms with E-state index in [2.05, 4.69) is 0 Å². The maximum atomic E-state index is 13.1. The highest BCUT2D eigenvalue weighted by Gasteiger charge is 2.70. The lowest BCUT2D eigenvalue weighted by Gasteiger charge is -2.56. The van der Waals surface area contributed by atoms with Crippen molar-refractivity contribution in [3.05, 3.63) is 33.4 Å². The summed E-state index contributed by atoms with van der Waals surface area (Å²) in [5, 5.41) is 52.0. The molecule has 0 amide bonds. The van der Waals surface area contributed by atoms with Crippen molar-refractivity contribution in [2.75, 3.05) is 6.61 Å². The Hall–Kier alpha value is -1.86. The Kier molecular flexibility index (Phi) is 6.15. The standard InChI is InChI=1S/C25H34O11/c1-9(2)19-14-10(7-13(27)35-19)25(4)12(34-22-18(31)17(30)15(28)11(8-26)33-22)5-6-24(3)21(25)20(16(14)29)36-23(24)32/h7,9,11-12,15-18,20-22,26,28-31H,5-6,8H2,1-4H3. The summed E-state index contributed by atoms with van der Waals surface area (Å²) in [6.07, 6.45) is -9.53. The molecule has 5 N–H and O–H groups in total. The maximum absolute atomic E-state index is 13.1. The van der Waals surface area contributed by atoms with Crippen molar-refractivity contribution in [2.24, 2.45) is 11.3 Å². The smallest absolute Gasteiger partial charge is 0.336 e. The fourth-order valence-electron chi connectivity index (χ4n) is 7.01. The average Bonchev–Trinajstić information content (AvgIpc) is 3.11. The predicted molar refractivity (Wildman–Crippen MR) is 121 cm³/mol. The van der Waals surface area contributed by atoms with Gasteiger partial charge in [-0.15, -0.1) is 0 Å². The predicted octanol–water partition coefficient (Wildman–Crippen LogP) is -0.405. The van der Waals surface area contributed by atoms with Crippen molar-refractivity contribution in [1.82, 2.24) is 0 Å². The van der Waals surface area contributed by atoms with Crippen LogP contribution in [-0.4, -0.2) is 81.0 Å². The van der Waals surface area contributed by atoms with Gasteiger partial charge < -0.3 is 44.2 Å². The van der Waals surface area contributed by atoms with E-state index in [0.717, 1.165) is 0 Å². The molecule has 0 spiro atoms. The molecule has 11 atom stereocenters. The van der Waals surface area contributed by atoms with Crippen LogP contribution in [0.2, 0.25) is 0 Å². The summed E-state index contributed by atoms with van der Waals surface area (Å²) in [6, 6.07) is 1.32. The molecule has 11 unspecified atom stereocenters. The third-order valence-electron chi connectivity index (χ3n) is 8.85. The molecule has 0 radical (unpaired) electrons. The second-order valence-electron chi connectivity index (χ2n) is 11.3. The van der Waals surface area contributed by atoms with E-state index in [1.807, 2.05) is 20.8 Å². The molecule has 36 heavy (non-hydrogen) atoms. The van der Waals surface area contributed by atoms with Crippen LogP contribution in [0, 0.1) is 11.3 Å². The van der Waals surface area contributed by atoms with E-state index in [1.54, 1.807) is 6.92 Å². The topological polar surface area (TPSA) is 176 Å². The lowest BCUT2D eigenvalue weighted by molar-refractivity contribution is -0.322. The van der Waals surface area contributed by atoms with Gasteiger partial charge in [0.25, 0.3) is 0 Å². The van der Waals surface area contributed by atoms with Crippen molar-refractivity contribution in [3.8, 4) is 0 Å². The number of aliphatic hydroxyl groups is 5. The summed E-state index contributed by atoms with van der Waals surface area (Å²) < 4.78 is 23.1. The number of rotatable bonds is 4. The number of esters is 1. The zero-order valence-electron chi connectivity index (χ0n) is 20.7. The minimum Gasteiger partial charge on any atom is -0.458 e. The van der Waals surface area contributed by atoms with Crippen LogP contribution in [0.3, 0.4) is 0 Å². The Balaban J connectivity index is 1.64. The molecule has 2 saturated heterocycles. The molecular weight excluding hydrogens is 476 g/mol. The van der Waals surface area contributed by atoms with Crippen molar-refractivity contribution < 1.29 is 49.0 Å². The van der Waals surface area contributed by atoms with Crippen molar-refractivity contribution in [3.63, 3.8) is 0 Å². The highest BCUT2D eigenvalue weighted by molar-refractivity contribution is 5.81. The van der Waals surface area contributed by atoms with E-state index in [1.165, 1.54) is 6.07 Å². The first-order valence-electron chi connectivity index (χ1n) is 12.4. The number of fused-ring (bicyclic) bond motifs is 2. The van der Waals surface area contributed by atoms with E-state index >= 15 is 0 Å². The molecule has 1 saturated carbocycles. The highest BCUT2D eigenvalue weighted by Crippen LogP contribution is 2.64. The molecular formula is C25H34O11. The summed E-state index contributed by atoms with van der Waals surface area (Å²) >= 11 is 0. The molecule has 0 bridgehead atoms. The van der Waals surface area contributed by atoms with Crippen LogP contribution < -0.4 is 5.63 Å². The normalized spacial score (nSPS) is 45.8. The Labute approximate surface area is 207 Å². The van der Waals surface area contributed by atoms with Gasteiger partial charge in [0.05, 0.1) is 18.1 Å². The molecule has 2 aliphatic heterocycles. The van der Waals surface area contributed by atoms with Gasteiger partial charge in [0.1, 0.15) is 42.4 Å². The van der Waals surface area contributed by atoms with Gasteiger partial charge in [0.2, 0.25) is 0 Å². The molecule has 5 rings (SSSR count). The van der Waals surface area contributed by atoms with Gasteiger partial charge in [-0.25, -0.2) is 4.79 Å². The molecule has 0 aromatic carbocycles. The molecule has 4 aliphatic rings. The first-order chi connectivity index (χ1) is 16.9. The first kappa shape index (κ1) is 25.8. The van der Waals surface area contributed by atoms with Crippen LogP contribution in [0.25, 0.3) is 0 Å². The summed E-state index contributed by atoms with van der Waals surface area (Å²) in [4.78, 5) is 25.8. The largest absolute Gasteiger partial charge is 0.458 e. The van der Waals surface area contributed by atoms with Crippen LogP contribution in [0.5, 0.6) is 0 Å². The van der Waals surface area contributed by atoms with E-state index in [4.69, 9.17) is 18.6 Å². The summed E-state index contributed by atoms with van der Waals surface area (Å²) in [5.74, 6) is -0.969. The summed E-state index contributed by atoms with van der Waals surface area (Å²) in [5.41, 5.74) is -1.75. The minimum atomic E-state index is -1.62. The van der Waals surface area contributed by atoms with Crippen LogP contribution in [0.1, 0.15) is 69.4 Å². The average molecular weight is 511 g/mol. The SMILES string of the molecule is CC(C)c1oc(=O)cc2c1C(O)C1OC(=O)C3(C)CCC(OC4OC(CO)C(O)C(O)C4O)C2(C)C13. The number of ether oxygens (including phenoxy) is 3. The first-order valence-corrected chi connectivity index (χ1v) is 12.4. The van der Waals surface area contributed by atoms with E-state index in [0.29, 0.717) is 29.7 Å². The minimum absolute atomic E-state index is 0.251. The van der Waals surface area contributed by atoms with Gasteiger partial charge in [-0.2, -0.15) is 0 Å². The number of aliphatic hydroxyl groups excluding tert-OH is 5. The molecule has 200 valence electrons. The van der Waals surface area contributed by atoms with Gasteiger partial charge in [-0.05, 0) is 25.3 Å². The lowest BCUT2D eigenvalue weighted by atomic mass is 9.48. The number of hydrogen-bond acceptors (Lipinski definition) is 11. The van der Waals surface area contributed by atoms with Gasteiger partial charge in [-0.1, -0.05) is 20.8 Å². The molecule has 3 heterocycles. The van der Waals surface area contributed by atoms with Gasteiger partial charge in [-0.3, -0.25) is 4.79 Å². The van der Waals surface area contributed by atoms with Crippen LogP contribution >= 0.6 is 0 Å². The second kappa shape index (κ2) is 8.59. The van der Waals surface area contributed by atoms with Crippen LogP contribution in [0.4, 0.5) is 0 Å². The van der Waals surface area contributed by atoms with Crippen molar-refractivity contribution in [1.29, 1.82) is 0 Å². The van der Waals surface area contributed by atoms with Crippen molar-refractivity contribution in [2.45, 2.75) is 101 Å². The Morgan fingerprint density at radius 3 is 2.44 bits per heavy atom. The maximum Gasteiger partial charge on any atom is 0.336 e. The summed E-state index contributed by atoms with van der Waals surface area (Å²) in [7, 11) is 0. The number of carbonyl (C=O) groups is 1. The molecule has 1 aromatic rings. The molecule has 1 aromatic heterocycles. The molecule has 2 aliphatic carbocycles. The molecule has 11 heteroatoms. The monoisotopic (exact) mass is 510 g/mol. The fourth-order valence-corrected chi connectivity index (χ4v) is 7.01. The van der Waals surface area contributed by atoms with Crippen LogP contribution in [-0.2, 0) is 24.4 Å². The lowest BCUT2D eigenvalue weighted by Crippen LogP contribution is -2.64. The van der Waals surface area contributed by atoms with Gasteiger partial charge in [0, 0.05) is 28.9 Å². The Bertz CT molecular complexity index is 1100. The number of carbonyl (C=O) groups excluding carboxylic acids is 1. The van der Waals surface area contributed by atoms with E-state index in [-0.39, 0.29) is 5.92 Å². The number of hydrogen-bond donors (Lipinski definition) is 5. The molecule has 11 nitrogen and oxygen atoms in total. The molecule has 3 fully saturated rings. The van der Waals surface area contributed by atoms with E-state index in [9.17, 15) is 35.1 Å². The van der Waals surface area contributed by atoms with Crippen LogP contribution in [0.15, 0.2) is 15.3 Å². The quantitative estimate of drug-likeness (QED) is 0.333. The highest BCUT2D eigenvalue weighted by atomic mass is 16.7. The van der Waals surface area contributed by atoms with Gasteiger partial charge >= 0.3 is 11.6 Å². The Morgan fingerprint density at radius 2 is 1.81 bits per heavy atom.